The van der Waals surface area contributed by atoms with Crippen LogP contribution in [0.25, 0.3) is 0 Å². The highest BCUT2D eigenvalue weighted by Gasteiger charge is 2.30. The molecular formula is C16H23FN2O. The van der Waals surface area contributed by atoms with Crippen LogP contribution >= 0.6 is 0 Å². The van der Waals surface area contributed by atoms with Gasteiger partial charge in [-0.1, -0.05) is 32.9 Å². The van der Waals surface area contributed by atoms with E-state index in [-0.39, 0.29) is 23.2 Å². The summed E-state index contributed by atoms with van der Waals surface area (Å²) in [5.41, 5.74) is 0.827. The Hall–Kier alpha value is -1.42. The Morgan fingerprint density at radius 1 is 1.45 bits per heavy atom. The van der Waals surface area contributed by atoms with E-state index in [2.05, 4.69) is 26.1 Å². The maximum atomic E-state index is 13.4. The first-order valence-corrected chi connectivity index (χ1v) is 7.12. The lowest BCUT2D eigenvalue weighted by Gasteiger charge is -2.38. The zero-order chi connectivity index (χ0) is 14.8. The normalized spacial score (nSPS) is 20.0. The van der Waals surface area contributed by atoms with Crippen LogP contribution in [-0.2, 0) is 4.79 Å². The molecule has 0 bridgehead atoms. The predicted molar refractivity (Wildman–Crippen MR) is 77.8 cm³/mol. The second-order valence-electron chi connectivity index (χ2n) is 6.60. The number of carbonyl (C=O) groups excluding carboxylic acids is 1. The second-order valence-corrected chi connectivity index (χ2v) is 6.60. The van der Waals surface area contributed by atoms with Gasteiger partial charge in [0, 0.05) is 26.1 Å². The van der Waals surface area contributed by atoms with Crippen molar-refractivity contribution in [1.29, 1.82) is 0 Å². The third-order valence-electron chi connectivity index (χ3n) is 3.48. The lowest BCUT2D eigenvalue weighted by molar-refractivity contribution is -0.136. The van der Waals surface area contributed by atoms with Crippen LogP contribution < -0.4 is 5.32 Å². The minimum atomic E-state index is -0.253. The molecule has 1 heterocycles. The van der Waals surface area contributed by atoms with Crippen molar-refractivity contribution in [3.05, 3.63) is 35.6 Å². The molecule has 0 aliphatic carbocycles. The van der Waals surface area contributed by atoms with Crippen molar-refractivity contribution in [1.82, 2.24) is 10.2 Å². The summed E-state index contributed by atoms with van der Waals surface area (Å²) in [6.45, 7) is 8.33. The van der Waals surface area contributed by atoms with Gasteiger partial charge in [-0.2, -0.15) is 0 Å². The van der Waals surface area contributed by atoms with Crippen molar-refractivity contribution >= 4 is 5.91 Å². The van der Waals surface area contributed by atoms with Crippen LogP contribution in [0.2, 0.25) is 0 Å². The standard InChI is InChI=1S/C16H23FN2O/c1-16(2,3)10-15(20)19-8-7-18-11-14(19)12-5-4-6-13(17)9-12/h4-6,9,14,18H,7-8,10-11H2,1-3H3. The van der Waals surface area contributed by atoms with E-state index in [4.69, 9.17) is 0 Å². The first-order chi connectivity index (χ1) is 9.37. The van der Waals surface area contributed by atoms with Gasteiger partial charge in [-0.25, -0.2) is 4.39 Å². The Bertz CT molecular complexity index is 482. The molecule has 110 valence electrons. The molecular weight excluding hydrogens is 255 g/mol. The third-order valence-corrected chi connectivity index (χ3v) is 3.48. The lowest BCUT2D eigenvalue weighted by atomic mass is 9.90. The SMILES string of the molecule is CC(C)(C)CC(=O)N1CCNCC1c1cccc(F)c1. The summed E-state index contributed by atoms with van der Waals surface area (Å²) in [7, 11) is 0. The molecule has 1 atom stereocenters. The number of halogens is 1. The highest BCUT2D eigenvalue weighted by molar-refractivity contribution is 5.77. The van der Waals surface area contributed by atoms with Crippen molar-refractivity contribution in [2.75, 3.05) is 19.6 Å². The molecule has 1 aromatic carbocycles. The first-order valence-electron chi connectivity index (χ1n) is 7.12. The van der Waals surface area contributed by atoms with Crippen LogP contribution in [0.15, 0.2) is 24.3 Å². The fourth-order valence-corrected chi connectivity index (χ4v) is 2.57. The number of nitrogens with one attached hydrogen (secondary N) is 1. The quantitative estimate of drug-likeness (QED) is 0.902. The van der Waals surface area contributed by atoms with Gasteiger partial charge in [0.15, 0.2) is 0 Å². The lowest BCUT2D eigenvalue weighted by Crippen LogP contribution is -2.49. The molecule has 0 radical (unpaired) electrons. The number of nitrogens with zero attached hydrogens (tertiary/aromatic N) is 1. The maximum Gasteiger partial charge on any atom is 0.223 e. The summed E-state index contributed by atoms with van der Waals surface area (Å²) < 4.78 is 13.4. The molecule has 2 rings (SSSR count). The number of hydrogen-bond donors (Lipinski definition) is 1. The first kappa shape index (κ1) is 15.0. The Balaban J connectivity index is 2.19. The molecule has 0 aromatic heterocycles. The molecule has 1 amide bonds. The molecule has 1 unspecified atom stereocenters. The fraction of sp³-hybridized carbons (Fsp3) is 0.562. The Morgan fingerprint density at radius 2 is 2.20 bits per heavy atom. The highest BCUT2D eigenvalue weighted by Crippen LogP contribution is 2.27. The van der Waals surface area contributed by atoms with Gasteiger partial charge >= 0.3 is 0 Å². The average molecular weight is 278 g/mol. The maximum absolute atomic E-state index is 13.4. The Morgan fingerprint density at radius 3 is 2.85 bits per heavy atom. The number of benzene rings is 1. The zero-order valence-corrected chi connectivity index (χ0v) is 12.4. The van der Waals surface area contributed by atoms with E-state index >= 15 is 0 Å². The van der Waals surface area contributed by atoms with E-state index in [9.17, 15) is 9.18 Å². The topological polar surface area (TPSA) is 32.3 Å². The number of rotatable bonds is 2. The molecule has 0 saturated carbocycles. The fourth-order valence-electron chi connectivity index (χ4n) is 2.57. The average Bonchev–Trinajstić information content (AvgIpc) is 2.37. The molecule has 20 heavy (non-hydrogen) atoms. The van der Waals surface area contributed by atoms with Crippen LogP contribution in [0, 0.1) is 11.2 Å². The number of amides is 1. The highest BCUT2D eigenvalue weighted by atomic mass is 19.1. The largest absolute Gasteiger partial charge is 0.333 e. The molecule has 1 N–H and O–H groups in total. The van der Waals surface area contributed by atoms with Gasteiger partial charge in [0.1, 0.15) is 5.82 Å². The van der Waals surface area contributed by atoms with Crippen LogP contribution in [0.5, 0.6) is 0 Å². The van der Waals surface area contributed by atoms with Crippen molar-refractivity contribution in [3.63, 3.8) is 0 Å². The molecule has 1 aliphatic heterocycles. The summed E-state index contributed by atoms with van der Waals surface area (Å²) in [5.74, 6) is -0.107. The Labute approximate surface area is 120 Å². The molecule has 0 spiro atoms. The van der Waals surface area contributed by atoms with E-state index in [0.29, 0.717) is 19.5 Å². The van der Waals surface area contributed by atoms with E-state index in [1.165, 1.54) is 12.1 Å². The van der Waals surface area contributed by atoms with Gasteiger partial charge in [0.05, 0.1) is 6.04 Å². The predicted octanol–water partition coefficient (Wildman–Crippen LogP) is 2.73. The van der Waals surface area contributed by atoms with E-state index in [1.54, 1.807) is 6.07 Å². The molecule has 1 fully saturated rings. The molecule has 4 heteroatoms. The van der Waals surface area contributed by atoms with Crippen LogP contribution in [-0.4, -0.2) is 30.4 Å². The van der Waals surface area contributed by atoms with Crippen LogP contribution in [0.1, 0.15) is 38.8 Å². The molecule has 1 aliphatic rings. The summed E-state index contributed by atoms with van der Waals surface area (Å²) in [4.78, 5) is 14.4. The van der Waals surface area contributed by atoms with Gasteiger partial charge in [0.2, 0.25) is 5.91 Å². The van der Waals surface area contributed by atoms with Crippen LogP contribution in [0.3, 0.4) is 0 Å². The summed E-state index contributed by atoms with van der Waals surface area (Å²) in [6, 6.07) is 6.47. The Kier molecular flexibility index (Phi) is 4.43. The van der Waals surface area contributed by atoms with Crippen LogP contribution in [0.4, 0.5) is 4.39 Å². The van der Waals surface area contributed by atoms with E-state index < -0.39 is 0 Å². The molecule has 1 aromatic rings. The van der Waals surface area contributed by atoms with Crippen molar-refractivity contribution in [2.45, 2.75) is 33.2 Å². The minimum absolute atomic E-state index is 0.0333. The molecule has 1 saturated heterocycles. The van der Waals surface area contributed by atoms with Gasteiger partial charge < -0.3 is 10.2 Å². The van der Waals surface area contributed by atoms with Crippen molar-refractivity contribution in [3.8, 4) is 0 Å². The number of carbonyl (C=O) groups is 1. The summed E-state index contributed by atoms with van der Waals surface area (Å²) >= 11 is 0. The summed E-state index contributed by atoms with van der Waals surface area (Å²) in [6.07, 6.45) is 0.513. The van der Waals surface area contributed by atoms with Crippen molar-refractivity contribution in [2.24, 2.45) is 5.41 Å². The van der Waals surface area contributed by atoms with Gasteiger partial charge in [-0.15, -0.1) is 0 Å². The van der Waals surface area contributed by atoms with E-state index in [1.807, 2.05) is 11.0 Å². The third kappa shape index (κ3) is 3.79. The second kappa shape index (κ2) is 5.92. The van der Waals surface area contributed by atoms with E-state index in [0.717, 1.165) is 12.1 Å². The smallest absolute Gasteiger partial charge is 0.223 e. The van der Waals surface area contributed by atoms with Gasteiger partial charge in [0.25, 0.3) is 0 Å². The molecule has 3 nitrogen and oxygen atoms in total. The monoisotopic (exact) mass is 278 g/mol. The van der Waals surface area contributed by atoms with Gasteiger partial charge in [-0.3, -0.25) is 4.79 Å². The van der Waals surface area contributed by atoms with Gasteiger partial charge in [-0.05, 0) is 23.1 Å². The number of piperazine rings is 1. The van der Waals surface area contributed by atoms with Crippen molar-refractivity contribution < 1.29 is 9.18 Å². The minimum Gasteiger partial charge on any atom is -0.333 e. The summed E-state index contributed by atoms with van der Waals surface area (Å²) in [5, 5.41) is 3.28. The zero-order valence-electron chi connectivity index (χ0n) is 12.4. The number of hydrogen-bond acceptors (Lipinski definition) is 2.